The Labute approximate surface area is 162 Å². The molecule has 0 unspecified atom stereocenters. The smallest absolute Gasteiger partial charge is 0.190 e. The van der Waals surface area contributed by atoms with Gasteiger partial charge in [-0.25, -0.2) is 4.39 Å². The van der Waals surface area contributed by atoms with Crippen LogP contribution in [0, 0.1) is 11.2 Å². The number of nitrogens with zero attached hydrogens (tertiary/aromatic N) is 1. The van der Waals surface area contributed by atoms with Crippen LogP contribution in [0.15, 0.2) is 27.7 Å². The molecule has 1 aliphatic heterocycles. The van der Waals surface area contributed by atoms with E-state index in [0.29, 0.717) is 6.42 Å². The first-order valence-corrected chi connectivity index (χ1v) is 8.28. The topological polar surface area (TPSA) is 45.7 Å². The second kappa shape index (κ2) is 9.78. The SMILES string of the molecule is CN=C(NCCCc1ccc(Br)cc1F)NCC1(C)COC1.I. The van der Waals surface area contributed by atoms with Gasteiger partial charge in [-0.2, -0.15) is 0 Å². The molecule has 23 heavy (non-hydrogen) atoms. The van der Waals surface area contributed by atoms with Crippen LogP contribution in [0.25, 0.3) is 0 Å². The van der Waals surface area contributed by atoms with E-state index < -0.39 is 0 Å². The number of hydrogen-bond donors (Lipinski definition) is 2. The average molecular weight is 500 g/mol. The lowest BCUT2D eigenvalue weighted by molar-refractivity contribution is -0.0971. The van der Waals surface area contributed by atoms with Crippen molar-refractivity contribution in [3.8, 4) is 0 Å². The maximum absolute atomic E-state index is 13.7. The first-order valence-electron chi connectivity index (χ1n) is 7.49. The molecule has 1 fully saturated rings. The molecule has 1 saturated heterocycles. The zero-order valence-corrected chi connectivity index (χ0v) is 17.4. The predicted octanol–water partition coefficient (Wildman–Crippen LogP) is 3.34. The van der Waals surface area contributed by atoms with Gasteiger partial charge >= 0.3 is 0 Å². The highest BCUT2D eigenvalue weighted by molar-refractivity contribution is 14.0. The highest BCUT2D eigenvalue weighted by atomic mass is 127. The Bertz CT molecular complexity index is 538. The van der Waals surface area contributed by atoms with Crippen molar-refractivity contribution in [1.82, 2.24) is 10.6 Å². The molecular formula is C16H24BrFIN3O. The molecule has 0 amide bonds. The van der Waals surface area contributed by atoms with Crippen molar-refractivity contribution >= 4 is 45.9 Å². The molecule has 1 heterocycles. The number of aliphatic imine (C=N–C) groups is 1. The second-order valence-corrected chi connectivity index (χ2v) is 6.91. The Hall–Kier alpha value is -0.410. The number of guanidine groups is 1. The predicted molar refractivity (Wildman–Crippen MR) is 106 cm³/mol. The number of hydrogen-bond acceptors (Lipinski definition) is 2. The Balaban J connectivity index is 0.00000264. The van der Waals surface area contributed by atoms with Crippen LogP contribution in [0.2, 0.25) is 0 Å². The van der Waals surface area contributed by atoms with E-state index in [2.05, 4.69) is 38.5 Å². The van der Waals surface area contributed by atoms with Crippen molar-refractivity contribution < 1.29 is 9.13 Å². The fourth-order valence-electron chi connectivity index (χ4n) is 2.28. The number of nitrogens with one attached hydrogen (secondary N) is 2. The minimum Gasteiger partial charge on any atom is -0.380 e. The van der Waals surface area contributed by atoms with Crippen LogP contribution in [0.1, 0.15) is 18.9 Å². The summed E-state index contributed by atoms with van der Waals surface area (Å²) in [5, 5.41) is 6.57. The van der Waals surface area contributed by atoms with Gasteiger partial charge in [-0.05, 0) is 30.5 Å². The molecule has 4 nitrogen and oxygen atoms in total. The molecule has 2 N–H and O–H groups in total. The summed E-state index contributed by atoms with van der Waals surface area (Å²) in [5.41, 5.74) is 0.949. The van der Waals surface area contributed by atoms with Crippen LogP contribution >= 0.6 is 39.9 Å². The van der Waals surface area contributed by atoms with Crippen molar-refractivity contribution in [2.75, 3.05) is 33.4 Å². The first kappa shape index (κ1) is 20.6. The number of ether oxygens (including phenoxy) is 1. The molecule has 1 aliphatic rings. The van der Waals surface area contributed by atoms with Crippen molar-refractivity contribution in [3.05, 3.63) is 34.1 Å². The van der Waals surface area contributed by atoms with E-state index in [1.807, 2.05) is 12.1 Å². The molecule has 0 bridgehead atoms. The lowest BCUT2D eigenvalue weighted by atomic mass is 9.89. The van der Waals surface area contributed by atoms with E-state index in [0.717, 1.165) is 48.7 Å². The van der Waals surface area contributed by atoms with Gasteiger partial charge in [0.1, 0.15) is 5.82 Å². The molecule has 1 aromatic rings. The van der Waals surface area contributed by atoms with Gasteiger partial charge in [-0.3, -0.25) is 4.99 Å². The summed E-state index contributed by atoms with van der Waals surface area (Å²) in [6, 6.07) is 5.20. The van der Waals surface area contributed by atoms with Gasteiger partial charge in [0.05, 0.1) is 13.2 Å². The van der Waals surface area contributed by atoms with E-state index >= 15 is 0 Å². The van der Waals surface area contributed by atoms with Crippen LogP contribution in [0.3, 0.4) is 0 Å². The van der Waals surface area contributed by atoms with Crippen LogP contribution in [0.4, 0.5) is 4.39 Å². The molecule has 0 aliphatic carbocycles. The molecular weight excluding hydrogens is 476 g/mol. The normalized spacial score (nSPS) is 16.3. The molecule has 130 valence electrons. The van der Waals surface area contributed by atoms with Gasteiger partial charge < -0.3 is 15.4 Å². The summed E-state index contributed by atoms with van der Waals surface area (Å²) < 4.78 is 19.7. The highest BCUT2D eigenvalue weighted by Crippen LogP contribution is 2.24. The third-order valence-electron chi connectivity index (χ3n) is 3.74. The lowest BCUT2D eigenvalue weighted by Crippen LogP contribution is -2.51. The largest absolute Gasteiger partial charge is 0.380 e. The van der Waals surface area contributed by atoms with Crippen LogP contribution < -0.4 is 10.6 Å². The summed E-state index contributed by atoms with van der Waals surface area (Å²) in [4.78, 5) is 4.20. The zero-order valence-electron chi connectivity index (χ0n) is 13.5. The second-order valence-electron chi connectivity index (χ2n) is 6.00. The van der Waals surface area contributed by atoms with Gasteiger partial charge in [0, 0.05) is 30.0 Å². The van der Waals surface area contributed by atoms with Gasteiger partial charge in [-0.15, -0.1) is 24.0 Å². The molecule has 0 spiro atoms. The molecule has 0 saturated carbocycles. The van der Waals surface area contributed by atoms with Gasteiger partial charge in [-0.1, -0.05) is 28.9 Å². The summed E-state index contributed by atoms with van der Waals surface area (Å²) in [7, 11) is 1.75. The van der Waals surface area contributed by atoms with Crippen LogP contribution in [0.5, 0.6) is 0 Å². The van der Waals surface area contributed by atoms with Crippen molar-refractivity contribution in [2.24, 2.45) is 10.4 Å². The highest BCUT2D eigenvalue weighted by Gasteiger charge is 2.33. The molecule has 0 atom stereocenters. The minimum atomic E-state index is -0.158. The fourth-order valence-corrected chi connectivity index (χ4v) is 2.61. The molecule has 7 heteroatoms. The first-order chi connectivity index (χ1) is 10.5. The van der Waals surface area contributed by atoms with Gasteiger partial charge in [0.2, 0.25) is 0 Å². The Morgan fingerprint density at radius 3 is 2.70 bits per heavy atom. The molecule has 2 rings (SSSR count). The maximum Gasteiger partial charge on any atom is 0.190 e. The average Bonchev–Trinajstić information content (AvgIpc) is 2.46. The molecule has 0 radical (unpaired) electrons. The Morgan fingerprint density at radius 2 is 2.13 bits per heavy atom. The fraction of sp³-hybridized carbons (Fsp3) is 0.562. The van der Waals surface area contributed by atoms with E-state index in [-0.39, 0.29) is 35.2 Å². The standard InChI is InChI=1S/C16H23BrFN3O.HI/c1-16(10-22-11-16)9-21-15(19-2)20-7-3-4-12-5-6-13(17)8-14(12)18;/h5-6,8H,3-4,7,9-11H2,1-2H3,(H2,19,20,21);1H. The van der Waals surface area contributed by atoms with Crippen LogP contribution in [-0.2, 0) is 11.2 Å². The number of rotatable bonds is 6. The van der Waals surface area contributed by atoms with E-state index in [1.54, 1.807) is 7.05 Å². The van der Waals surface area contributed by atoms with Gasteiger partial charge in [0.15, 0.2) is 5.96 Å². The summed E-state index contributed by atoms with van der Waals surface area (Å²) in [6.07, 6.45) is 1.55. The van der Waals surface area contributed by atoms with Gasteiger partial charge in [0.25, 0.3) is 0 Å². The monoisotopic (exact) mass is 499 g/mol. The van der Waals surface area contributed by atoms with Crippen molar-refractivity contribution in [2.45, 2.75) is 19.8 Å². The van der Waals surface area contributed by atoms with Crippen molar-refractivity contribution in [3.63, 3.8) is 0 Å². The third kappa shape index (κ3) is 6.54. The van der Waals surface area contributed by atoms with E-state index in [1.165, 1.54) is 6.07 Å². The Kier molecular flexibility index (Phi) is 8.78. The lowest BCUT2D eigenvalue weighted by Gasteiger charge is -2.38. The number of aryl methyl sites for hydroxylation is 1. The third-order valence-corrected chi connectivity index (χ3v) is 4.23. The zero-order chi connectivity index (χ0) is 16.0. The molecule has 0 aromatic heterocycles. The summed E-state index contributed by atoms with van der Waals surface area (Å²) >= 11 is 3.27. The van der Waals surface area contributed by atoms with Crippen molar-refractivity contribution in [1.29, 1.82) is 0 Å². The number of benzene rings is 1. The quantitative estimate of drug-likeness (QED) is 0.273. The molecule has 1 aromatic carbocycles. The Morgan fingerprint density at radius 1 is 1.39 bits per heavy atom. The summed E-state index contributed by atoms with van der Waals surface area (Å²) in [5.74, 6) is 0.624. The van der Waals surface area contributed by atoms with E-state index in [9.17, 15) is 4.39 Å². The van der Waals surface area contributed by atoms with Crippen LogP contribution in [-0.4, -0.2) is 39.3 Å². The maximum atomic E-state index is 13.7. The summed E-state index contributed by atoms with van der Waals surface area (Å²) in [6.45, 7) is 5.36. The number of halogens is 3. The minimum absolute atomic E-state index is 0. The van der Waals surface area contributed by atoms with E-state index in [4.69, 9.17) is 4.74 Å².